The number of aromatic nitrogens is 1. The van der Waals surface area contributed by atoms with Crippen LogP contribution in [0.25, 0.3) is 10.2 Å². The molecule has 3 rings (SSSR count). The Morgan fingerprint density at radius 3 is 3.05 bits per heavy atom. The molecule has 1 fully saturated rings. The Morgan fingerprint density at radius 2 is 2.32 bits per heavy atom. The number of carbonyl (C=O) groups is 1. The van der Waals surface area contributed by atoms with Gasteiger partial charge in [0.15, 0.2) is 0 Å². The molecule has 2 aromatic rings. The standard InChI is InChI=1S/C16H21N3OS2/c1-11(16-18-13-5-3-4-6-14(13)22-16)19(2)15(20)9-12-10-21-8-7-17-12/h3-6,11-12,17H,7-10H2,1-2H3. The quantitative estimate of drug-likeness (QED) is 0.933. The first-order valence-electron chi connectivity index (χ1n) is 7.57. The minimum absolute atomic E-state index is 0.0149. The van der Waals surface area contributed by atoms with Gasteiger partial charge in [-0.3, -0.25) is 4.79 Å². The van der Waals surface area contributed by atoms with Crippen LogP contribution in [0, 0.1) is 0 Å². The molecular weight excluding hydrogens is 314 g/mol. The minimum atomic E-state index is 0.0149. The number of hydrogen-bond donors (Lipinski definition) is 1. The van der Waals surface area contributed by atoms with E-state index in [1.807, 2.05) is 41.9 Å². The number of hydrogen-bond acceptors (Lipinski definition) is 5. The van der Waals surface area contributed by atoms with Crippen molar-refractivity contribution in [2.45, 2.75) is 25.4 Å². The molecule has 0 bridgehead atoms. The van der Waals surface area contributed by atoms with Crippen molar-refractivity contribution in [1.29, 1.82) is 0 Å². The molecule has 0 spiro atoms. The molecule has 2 unspecified atom stereocenters. The zero-order valence-electron chi connectivity index (χ0n) is 12.9. The first kappa shape index (κ1) is 15.8. The topological polar surface area (TPSA) is 45.2 Å². The molecule has 2 atom stereocenters. The van der Waals surface area contributed by atoms with Crippen LogP contribution in [0.1, 0.15) is 24.4 Å². The van der Waals surface area contributed by atoms with Gasteiger partial charge in [0.05, 0.1) is 16.3 Å². The number of thiazole rings is 1. The Balaban J connectivity index is 1.67. The lowest BCUT2D eigenvalue weighted by Crippen LogP contribution is -2.42. The Morgan fingerprint density at radius 1 is 1.50 bits per heavy atom. The van der Waals surface area contributed by atoms with Gasteiger partial charge in [-0.05, 0) is 19.1 Å². The fourth-order valence-electron chi connectivity index (χ4n) is 2.56. The van der Waals surface area contributed by atoms with Crippen molar-refractivity contribution in [3.8, 4) is 0 Å². The third kappa shape index (κ3) is 3.45. The summed E-state index contributed by atoms with van der Waals surface area (Å²) >= 11 is 3.59. The molecule has 6 heteroatoms. The van der Waals surface area contributed by atoms with Crippen LogP contribution in [0.2, 0.25) is 0 Å². The summed E-state index contributed by atoms with van der Waals surface area (Å²) < 4.78 is 1.18. The SMILES string of the molecule is CC(c1nc2ccccc2s1)N(C)C(=O)CC1CSCCN1. The van der Waals surface area contributed by atoms with Crippen LogP contribution in [0.5, 0.6) is 0 Å². The molecule has 4 nitrogen and oxygen atoms in total. The van der Waals surface area contributed by atoms with Crippen LogP contribution in [-0.2, 0) is 4.79 Å². The van der Waals surface area contributed by atoms with Crippen LogP contribution in [0.4, 0.5) is 0 Å². The summed E-state index contributed by atoms with van der Waals surface area (Å²) in [6.07, 6.45) is 0.568. The van der Waals surface area contributed by atoms with E-state index in [4.69, 9.17) is 0 Å². The van der Waals surface area contributed by atoms with Crippen LogP contribution in [0.15, 0.2) is 24.3 Å². The molecule has 1 saturated heterocycles. The molecule has 2 heterocycles. The maximum absolute atomic E-state index is 12.5. The highest BCUT2D eigenvalue weighted by molar-refractivity contribution is 7.99. The summed E-state index contributed by atoms with van der Waals surface area (Å²) in [6.45, 7) is 3.05. The van der Waals surface area contributed by atoms with Gasteiger partial charge in [0.1, 0.15) is 5.01 Å². The number of benzene rings is 1. The number of nitrogens with one attached hydrogen (secondary N) is 1. The number of para-hydroxylation sites is 1. The van der Waals surface area contributed by atoms with Gasteiger partial charge >= 0.3 is 0 Å². The summed E-state index contributed by atoms with van der Waals surface area (Å²) in [7, 11) is 1.88. The van der Waals surface area contributed by atoms with E-state index in [9.17, 15) is 4.79 Å². The fraction of sp³-hybridized carbons (Fsp3) is 0.500. The van der Waals surface area contributed by atoms with E-state index in [0.29, 0.717) is 12.5 Å². The van der Waals surface area contributed by atoms with Gasteiger partial charge in [0.25, 0.3) is 0 Å². The normalized spacial score (nSPS) is 20.0. The van der Waals surface area contributed by atoms with Gasteiger partial charge in [0, 0.05) is 37.6 Å². The average molecular weight is 335 g/mol. The molecule has 22 heavy (non-hydrogen) atoms. The molecule has 1 aromatic heterocycles. The van der Waals surface area contributed by atoms with E-state index in [0.717, 1.165) is 28.6 Å². The molecule has 118 valence electrons. The van der Waals surface area contributed by atoms with Crippen molar-refractivity contribution in [2.24, 2.45) is 0 Å². The van der Waals surface area contributed by atoms with E-state index in [-0.39, 0.29) is 11.9 Å². The van der Waals surface area contributed by atoms with Crippen molar-refractivity contribution in [3.05, 3.63) is 29.3 Å². The van der Waals surface area contributed by atoms with Gasteiger partial charge in [0.2, 0.25) is 5.91 Å². The Labute approximate surface area is 139 Å². The zero-order chi connectivity index (χ0) is 15.5. The van der Waals surface area contributed by atoms with E-state index in [2.05, 4.69) is 23.3 Å². The highest BCUT2D eigenvalue weighted by Gasteiger charge is 2.24. The van der Waals surface area contributed by atoms with E-state index in [1.165, 1.54) is 4.70 Å². The summed E-state index contributed by atoms with van der Waals surface area (Å²) in [6, 6.07) is 8.44. The van der Waals surface area contributed by atoms with Crippen LogP contribution in [0.3, 0.4) is 0 Å². The van der Waals surface area contributed by atoms with Crippen molar-refractivity contribution in [3.63, 3.8) is 0 Å². The number of rotatable bonds is 4. The van der Waals surface area contributed by atoms with Crippen molar-refractivity contribution < 1.29 is 4.79 Å². The third-order valence-corrected chi connectivity index (χ3v) is 6.40. The molecule has 1 aliphatic heterocycles. The first-order chi connectivity index (χ1) is 10.6. The molecular formula is C16H21N3OS2. The maximum Gasteiger partial charge on any atom is 0.224 e. The summed E-state index contributed by atoms with van der Waals surface area (Å²) in [5.41, 5.74) is 1.01. The fourth-order valence-corrected chi connectivity index (χ4v) is 4.57. The van der Waals surface area contributed by atoms with Gasteiger partial charge in [-0.1, -0.05) is 12.1 Å². The molecule has 0 aliphatic carbocycles. The Kier molecular flexibility index (Phi) is 5.00. The Bertz CT molecular complexity index is 619. The van der Waals surface area contributed by atoms with Gasteiger partial charge < -0.3 is 10.2 Å². The lowest BCUT2D eigenvalue weighted by Gasteiger charge is -2.28. The molecule has 1 aromatic carbocycles. The molecule has 0 saturated carbocycles. The van der Waals surface area contributed by atoms with Crippen LogP contribution >= 0.6 is 23.1 Å². The second-order valence-electron chi connectivity index (χ2n) is 5.63. The number of thioether (sulfide) groups is 1. The second kappa shape index (κ2) is 6.98. The van der Waals surface area contributed by atoms with Gasteiger partial charge in [-0.15, -0.1) is 11.3 Å². The maximum atomic E-state index is 12.5. The largest absolute Gasteiger partial charge is 0.337 e. The van der Waals surface area contributed by atoms with Crippen molar-refractivity contribution in [1.82, 2.24) is 15.2 Å². The number of carbonyl (C=O) groups excluding carboxylic acids is 1. The van der Waals surface area contributed by atoms with Crippen molar-refractivity contribution in [2.75, 3.05) is 25.1 Å². The summed E-state index contributed by atoms with van der Waals surface area (Å²) in [4.78, 5) is 19.0. The first-order valence-corrected chi connectivity index (χ1v) is 9.54. The zero-order valence-corrected chi connectivity index (χ0v) is 14.5. The highest BCUT2D eigenvalue weighted by Crippen LogP contribution is 2.29. The second-order valence-corrected chi connectivity index (χ2v) is 7.84. The van der Waals surface area contributed by atoms with E-state index < -0.39 is 0 Å². The lowest BCUT2D eigenvalue weighted by molar-refractivity contribution is -0.132. The van der Waals surface area contributed by atoms with Gasteiger partial charge in [-0.2, -0.15) is 11.8 Å². The van der Waals surface area contributed by atoms with Crippen LogP contribution in [-0.4, -0.2) is 46.9 Å². The highest BCUT2D eigenvalue weighted by atomic mass is 32.2. The van der Waals surface area contributed by atoms with E-state index in [1.54, 1.807) is 11.3 Å². The van der Waals surface area contributed by atoms with E-state index >= 15 is 0 Å². The smallest absolute Gasteiger partial charge is 0.224 e. The van der Waals surface area contributed by atoms with Crippen LogP contribution < -0.4 is 5.32 Å². The number of amides is 1. The summed E-state index contributed by atoms with van der Waals surface area (Å²) in [5, 5.41) is 4.43. The predicted octanol–water partition coefficient (Wildman–Crippen LogP) is 2.91. The number of nitrogens with zero attached hydrogens (tertiary/aromatic N) is 2. The van der Waals surface area contributed by atoms with Gasteiger partial charge in [-0.25, -0.2) is 4.98 Å². The van der Waals surface area contributed by atoms with Crippen molar-refractivity contribution >= 4 is 39.2 Å². The molecule has 1 N–H and O–H groups in total. The predicted molar refractivity (Wildman–Crippen MR) is 94.5 cm³/mol. The molecule has 1 amide bonds. The lowest BCUT2D eigenvalue weighted by atomic mass is 10.2. The Hall–Kier alpha value is -1.11. The summed E-state index contributed by atoms with van der Waals surface area (Å²) in [5.74, 6) is 2.35. The monoisotopic (exact) mass is 335 g/mol. The molecule has 1 aliphatic rings. The molecule has 0 radical (unpaired) electrons. The number of fused-ring (bicyclic) bond motifs is 1. The third-order valence-electron chi connectivity index (χ3n) is 4.06. The average Bonchev–Trinajstić information content (AvgIpc) is 2.98. The minimum Gasteiger partial charge on any atom is -0.337 e.